The largest absolute Gasteiger partial charge is 0.435 e. The zero-order valence-corrected chi connectivity index (χ0v) is 11.9. The van der Waals surface area contributed by atoms with Crippen molar-refractivity contribution in [2.24, 2.45) is 5.73 Å². The Bertz CT molecular complexity index is 554. The fourth-order valence-electron chi connectivity index (χ4n) is 2.05. The maximum absolute atomic E-state index is 12.1. The number of H-pyrrole nitrogens is 1. The van der Waals surface area contributed by atoms with Crippen LogP contribution in [0.15, 0.2) is 30.5 Å². The number of benzene rings is 1. The molecule has 1 atom stereocenters. The van der Waals surface area contributed by atoms with Gasteiger partial charge < -0.3 is 15.5 Å². The molecule has 0 bridgehead atoms. The minimum Gasteiger partial charge on any atom is -0.435 e. The lowest BCUT2D eigenvalue weighted by Crippen LogP contribution is -2.11. The summed E-state index contributed by atoms with van der Waals surface area (Å²) >= 11 is 0. The molecule has 0 amide bonds. The number of aromatic nitrogens is 2. The van der Waals surface area contributed by atoms with E-state index in [0.717, 1.165) is 36.3 Å². The summed E-state index contributed by atoms with van der Waals surface area (Å²) in [6.45, 7) is -0.699. The third kappa shape index (κ3) is 4.26. The smallest absolute Gasteiger partial charge is 0.387 e. The number of nitrogens with one attached hydrogen (secondary N) is 1. The van der Waals surface area contributed by atoms with Gasteiger partial charge in [0.15, 0.2) is 0 Å². The first kappa shape index (κ1) is 15.4. The van der Waals surface area contributed by atoms with E-state index in [1.165, 1.54) is 12.1 Å². The van der Waals surface area contributed by atoms with Gasteiger partial charge in [-0.3, -0.25) is 0 Å². The van der Waals surface area contributed by atoms with Crippen molar-refractivity contribution in [1.82, 2.24) is 9.97 Å². The monoisotopic (exact) mass is 295 g/mol. The fourth-order valence-corrected chi connectivity index (χ4v) is 2.05. The van der Waals surface area contributed by atoms with Crippen LogP contribution in [0.4, 0.5) is 8.78 Å². The highest BCUT2D eigenvalue weighted by atomic mass is 19.3. The van der Waals surface area contributed by atoms with E-state index < -0.39 is 6.61 Å². The Morgan fingerprint density at radius 1 is 1.29 bits per heavy atom. The van der Waals surface area contributed by atoms with Crippen LogP contribution in [0.1, 0.15) is 38.1 Å². The first-order chi connectivity index (χ1) is 10.1. The van der Waals surface area contributed by atoms with Crippen LogP contribution in [0, 0.1) is 0 Å². The second kappa shape index (κ2) is 7.17. The summed E-state index contributed by atoms with van der Waals surface area (Å²) in [5.74, 6) is 0.875. The van der Waals surface area contributed by atoms with Gasteiger partial charge in [-0.05, 0) is 36.2 Å². The van der Waals surface area contributed by atoms with E-state index in [2.05, 4.69) is 21.6 Å². The van der Waals surface area contributed by atoms with Gasteiger partial charge in [-0.2, -0.15) is 8.78 Å². The summed E-state index contributed by atoms with van der Waals surface area (Å²) < 4.78 is 28.5. The molecule has 0 aliphatic carbocycles. The number of alkyl halides is 2. The first-order valence-electron chi connectivity index (χ1n) is 6.96. The second-order valence-electron chi connectivity index (χ2n) is 4.83. The van der Waals surface area contributed by atoms with Gasteiger partial charge in [0.25, 0.3) is 0 Å². The number of halogens is 2. The molecule has 0 saturated heterocycles. The molecule has 0 aliphatic heterocycles. The van der Waals surface area contributed by atoms with Gasteiger partial charge in [0.1, 0.15) is 11.6 Å². The lowest BCUT2D eigenvalue weighted by atomic mass is 10.1. The number of rotatable bonds is 7. The minimum atomic E-state index is -2.81. The Morgan fingerprint density at radius 2 is 2.00 bits per heavy atom. The number of nitrogens with zero attached hydrogens (tertiary/aromatic N) is 1. The molecule has 0 aliphatic rings. The summed E-state index contributed by atoms with van der Waals surface area (Å²) in [5.41, 5.74) is 7.71. The van der Waals surface area contributed by atoms with E-state index in [-0.39, 0.29) is 11.8 Å². The number of unbranched alkanes of at least 4 members (excludes halogenated alkanes) is 1. The molecule has 0 saturated carbocycles. The molecule has 3 N–H and O–H groups in total. The molecular weight excluding hydrogens is 276 g/mol. The second-order valence-corrected chi connectivity index (χ2v) is 4.83. The lowest BCUT2D eigenvalue weighted by molar-refractivity contribution is -0.0498. The molecule has 0 spiro atoms. The van der Waals surface area contributed by atoms with Crippen molar-refractivity contribution in [1.29, 1.82) is 0 Å². The molecule has 1 unspecified atom stereocenters. The van der Waals surface area contributed by atoms with Crippen molar-refractivity contribution in [2.45, 2.75) is 38.8 Å². The van der Waals surface area contributed by atoms with Gasteiger partial charge in [-0.1, -0.05) is 19.8 Å². The number of aromatic amines is 1. The Morgan fingerprint density at radius 3 is 2.62 bits per heavy atom. The molecule has 1 heterocycles. The average molecular weight is 295 g/mol. The van der Waals surface area contributed by atoms with Gasteiger partial charge in [-0.25, -0.2) is 4.98 Å². The minimum absolute atomic E-state index is 0.111. The highest BCUT2D eigenvalue weighted by Crippen LogP contribution is 2.23. The number of ether oxygens (including phenoxy) is 1. The zero-order valence-electron chi connectivity index (χ0n) is 11.9. The van der Waals surface area contributed by atoms with Crippen molar-refractivity contribution in [3.63, 3.8) is 0 Å². The third-order valence-corrected chi connectivity index (χ3v) is 3.21. The van der Waals surface area contributed by atoms with Crippen LogP contribution in [0.25, 0.3) is 11.3 Å². The average Bonchev–Trinajstić information content (AvgIpc) is 2.95. The van der Waals surface area contributed by atoms with Crippen molar-refractivity contribution in [3.8, 4) is 17.0 Å². The molecule has 6 heteroatoms. The highest BCUT2D eigenvalue weighted by Gasteiger charge is 2.11. The summed E-state index contributed by atoms with van der Waals surface area (Å²) in [7, 11) is 0. The van der Waals surface area contributed by atoms with E-state index >= 15 is 0 Å². The molecule has 1 aromatic heterocycles. The van der Waals surface area contributed by atoms with Crippen molar-refractivity contribution >= 4 is 0 Å². The number of imidazole rings is 1. The van der Waals surface area contributed by atoms with Crippen LogP contribution >= 0.6 is 0 Å². The maximum atomic E-state index is 12.1. The van der Waals surface area contributed by atoms with Crippen molar-refractivity contribution < 1.29 is 13.5 Å². The fraction of sp³-hybridized carbons (Fsp3) is 0.400. The van der Waals surface area contributed by atoms with Crippen molar-refractivity contribution in [3.05, 3.63) is 36.3 Å². The number of nitrogens with two attached hydrogens (primary N) is 1. The van der Waals surface area contributed by atoms with Crippen LogP contribution < -0.4 is 10.5 Å². The van der Waals surface area contributed by atoms with Crippen molar-refractivity contribution in [2.75, 3.05) is 0 Å². The molecule has 4 nitrogen and oxygen atoms in total. The van der Waals surface area contributed by atoms with Crippen LogP contribution in [0.2, 0.25) is 0 Å². The molecule has 2 aromatic rings. The normalized spacial score (nSPS) is 12.6. The van der Waals surface area contributed by atoms with Gasteiger partial charge in [0.05, 0.1) is 17.9 Å². The van der Waals surface area contributed by atoms with Crippen LogP contribution in [0.3, 0.4) is 0 Å². The number of hydrogen-bond acceptors (Lipinski definition) is 3. The third-order valence-electron chi connectivity index (χ3n) is 3.21. The Kier molecular flexibility index (Phi) is 5.27. The van der Waals surface area contributed by atoms with E-state index in [0.29, 0.717) is 0 Å². The molecule has 21 heavy (non-hydrogen) atoms. The Labute approximate surface area is 122 Å². The summed E-state index contributed by atoms with van der Waals surface area (Å²) in [6.07, 6.45) is 4.72. The summed E-state index contributed by atoms with van der Waals surface area (Å²) in [4.78, 5) is 7.46. The zero-order chi connectivity index (χ0) is 15.2. The summed E-state index contributed by atoms with van der Waals surface area (Å²) in [6, 6.07) is 6.29. The number of hydrogen-bond donors (Lipinski definition) is 2. The topological polar surface area (TPSA) is 63.9 Å². The highest BCUT2D eigenvalue weighted by molar-refractivity contribution is 5.59. The quantitative estimate of drug-likeness (QED) is 0.815. The predicted molar refractivity (Wildman–Crippen MR) is 77.1 cm³/mol. The van der Waals surface area contributed by atoms with Crippen LogP contribution in [0.5, 0.6) is 5.75 Å². The first-order valence-corrected chi connectivity index (χ1v) is 6.96. The van der Waals surface area contributed by atoms with Gasteiger partial charge in [-0.15, -0.1) is 0 Å². The van der Waals surface area contributed by atoms with E-state index in [1.54, 1.807) is 18.3 Å². The SMILES string of the molecule is CCCCC(N)c1ncc(-c2ccc(OC(F)F)cc2)[nH]1. The molecule has 0 radical (unpaired) electrons. The van der Waals surface area contributed by atoms with Gasteiger partial charge in [0.2, 0.25) is 0 Å². The lowest BCUT2D eigenvalue weighted by Gasteiger charge is -2.07. The molecule has 0 fully saturated rings. The molecule has 114 valence electrons. The predicted octanol–water partition coefficient (Wildman–Crippen LogP) is 3.87. The maximum Gasteiger partial charge on any atom is 0.387 e. The van der Waals surface area contributed by atoms with E-state index in [9.17, 15) is 8.78 Å². The Balaban J connectivity index is 2.06. The standard InChI is InChI=1S/C15H19F2N3O/c1-2-3-4-12(18)14-19-9-13(20-14)10-5-7-11(8-6-10)21-15(16)17/h5-9,12,15H,2-4,18H2,1H3,(H,19,20). The molecule has 1 aromatic carbocycles. The van der Waals surface area contributed by atoms with Gasteiger partial charge >= 0.3 is 6.61 Å². The summed E-state index contributed by atoms with van der Waals surface area (Å²) in [5, 5.41) is 0. The Hall–Kier alpha value is -1.95. The van der Waals surface area contributed by atoms with Crippen LogP contribution in [-0.4, -0.2) is 16.6 Å². The molecule has 2 rings (SSSR count). The van der Waals surface area contributed by atoms with E-state index in [1.807, 2.05) is 0 Å². The van der Waals surface area contributed by atoms with E-state index in [4.69, 9.17) is 5.73 Å². The van der Waals surface area contributed by atoms with Crippen LogP contribution in [-0.2, 0) is 0 Å². The van der Waals surface area contributed by atoms with Gasteiger partial charge in [0, 0.05) is 0 Å². The molecular formula is C15H19F2N3O.